The van der Waals surface area contributed by atoms with Crippen LogP contribution in [0.4, 0.5) is 0 Å². The number of rotatable bonds is 4. The van der Waals surface area contributed by atoms with Gasteiger partial charge in [-0.2, -0.15) is 0 Å². The number of pyridine rings is 1. The summed E-state index contributed by atoms with van der Waals surface area (Å²) in [7, 11) is 0. The summed E-state index contributed by atoms with van der Waals surface area (Å²) in [5, 5.41) is 1.42. The quantitative estimate of drug-likeness (QED) is 0.903. The molecule has 1 heterocycles. The van der Waals surface area contributed by atoms with Gasteiger partial charge in [-0.05, 0) is 37.8 Å². The maximum atomic E-state index is 11.9. The lowest BCUT2D eigenvalue weighted by atomic mass is 10.1. The maximum absolute atomic E-state index is 11.9. The third-order valence-corrected chi connectivity index (χ3v) is 3.88. The Morgan fingerprint density at radius 3 is 2.76 bits per heavy atom. The molecule has 1 saturated carbocycles. The highest BCUT2D eigenvalue weighted by Crippen LogP contribution is 2.33. The Hall–Kier alpha value is -1.23. The van der Waals surface area contributed by atoms with E-state index in [0.29, 0.717) is 28.9 Å². The van der Waals surface area contributed by atoms with Crippen molar-refractivity contribution in [2.75, 3.05) is 6.61 Å². The van der Waals surface area contributed by atoms with Gasteiger partial charge in [0, 0.05) is 23.1 Å². The van der Waals surface area contributed by atoms with Gasteiger partial charge in [-0.25, -0.2) is 0 Å². The Bertz CT molecular complexity index is 709. The lowest BCUT2D eigenvalue weighted by molar-refractivity contribution is 0.300. The van der Waals surface area contributed by atoms with Crippen molar-refractivity contribution < 1.29 is 4.74 Å². The normalized spacial score (nSPS) is 15.6. The van der Waals surface area contributed by atoms with Crippen LogP contribution < -0.4 is 16.0 Å². The van der Waals surface area contributed by atoms with Gasteiger partial charge in [0.25, 0.3) is 5.56 Å². The topological polar surface area (TPSA) is 68.1 Å². The van der Waals surface area contributed by atoms with Crippen LogP contribution in [-0.4, -0.2) is 11.6 Å². The lowest BCUT2D eigenvalue weighted by Crippen LogP contribution is -2.19. The van der Waals surface area contributed by atoms with E-state index in [1.165, 1.54) is 12.8 Å². The number of aromatic nitrogens is 1. The number of hydrogen-bond donors (Lipinski definition) is 2. The van der Waals surface area contributed by atoms with Crippen LogP contribution in [0.25, 0.3) is 10.9 Å². The first-order valence-corrected chi connectivity index (χ1v) is 7.17. The van der Waals surface area contributed by atoms with Crippen molar-refractivity contribution in [1.29, 1.82) is 0 Å². The van der Waals surface area contributed by atoms with E-state index in [4.69, 9.17) is 22.1 Å². The summed E-state index contributed by atoms with van der Waals surface area (Å²) >= 11 is 6.23. The van der Waals surface area contributed by atoms with E-state index < -0.39 is 0 Å². The van der Waals surface area contributed by atoms with E-state index >= 15 is 0 Å². The van der Waals surface area contributed by atoms with Gasteiger partial charge < -0.3 is 15.5 Å². The van der Waals surface area contributed by atoms with Gasteiger partial charge in [0.15, 0.2) is 0 Å². The molecule has 0 unspecified atom stereocenters. The summed E-state index contributed by atoms with van der Waals surface area (Å²) in [5.41, 5.74) is 6.89. The van der Waals surface area contributed by atoms with Crippen LogP contribution >= 0.6 is 24.0 Å². The highest BCUT2D eigenvalue weighted by Gasteiger charge is 2.22. The fourth-order valence-corrected chi connectivity index (χ4v) is 2.39. The maximum Gasteiger partial charge on any atom is 0.253 e. The first-order valence-electron chi connectivity index (χ1n) is 6.79. The Morgan fingerprint density at radius 2 is 2.14 bits per heavy atom. The van der Waals surface area contributed by atoms with E-state index in [-0.39, 0.29) is 24.0 Å². The van der Waals surface area contributed by atoms with Crippen LogP contribution in [0.15, 0.2) is 23.0 Å². The summed E-state index contributed by atoms with van der Waals surface area (Å²) in [6.07, 6.45) is 2.44. The van der Waals surface area contributed by atoms with Crippen LogP contribution in [0.1, 0.15) is 31.4 Å². The number of halogens is 2. The number of fused-ring (bicyclic) bond motifs is 1. The Morgan fingerprint density at radius 1 is 1.43 bits per heavy atom. The van der Waals surface area contributed by atoms with Crippen LogP contribution in [0, 0.1) is 5.92 Å². The second kappa shape index (κ2) is 6.26. The molecule has 1 aromatic carbocycles. The van der Waals surface area contributed by atoms with Gasteiger partial charge in [-0.3, -0.25) is 4.79 Å². The summed E-state index contributed by atoms with van der Waals surface area (Å²) in [4.78, 5) is 14.8. The summed E-state index contributed by atoms with van der Waals surface area (Å²) < 4.78 is 5.71. The van der Waals surface area contributed by atoms with Crippen molar-refractivity contribution in [1.82, 2.24) is 4.98 Å². The van der Waals surface area contributed by atoms with Gasteiger partial charge in [-0.15, -0.1) is 12.4 Å². The zero-order valence-corrected chi connectivity index (χ0v) is 13.3. The molecule has 114 valence electrons. The number of nitrogens with two attached hydrogens (primary N) is 1. The van der Waals surface area contributed by atoms with Crippen molar-refractivity contribution in [3.63, 3.8) is 0 Å². The first-order chi connectivity index (χ1) is 9.54. The fourth-order valence-electron chi connectivity index (χ4n) is 2.16. The molecular formula is C15H18Cl2N2O2. The van der Waals surface area contributed by atoms with Crippen LogP contribution in [0.3, 0.4) is 0 Å². The Labute approximate surface area is 134 Å². The number of benzene rings is 1. The lowest BCUT2D eigenvalue weighted by Gasteiger charge is -2.10. The molecule has 1 atom stereocenters. The first kappa shape index (κ1) is 16.1. The number of nitrogens with one attached hydrogen (secondary N) is 1. The second-order valence-corrected chi connectivity index (χ2v) is 5.87. The van der Waals surface area contributed by atoms with Gasteiger partial charge in [0.05, 0.1) is 17.1 Å². The minimum absolute atomic E-state index is 0. The molecule has 0 spiro atoms. The second-order valence-electron chi connectivity index (χ2n) is 5.47. The largest absolute Gasteiger partial charge is 0.492 e. The number of hydrogen-bond acceptors (Lipinski definition) is 3. The molecule has 0 aliphatic heterocycles. The SMILES string of the molecule is C[C@H](N)c1cc2cc(Cl)c(OCC3CC3)cc2[nH]c1=O.Cl. The molecule has 3 rings (SSSR count). The van der Waals surface area contributed by atoms with E-state index in [1.54, 1.807) is 25.1 Å². The molecule has 0 saturated heterocycles. The predicted molar refractivity (Wildman–Crippen MR) is 87.6 cm³/mol. The molecule has 1 aliphatic rings. The van der Waals surface area contributed by atoms with Crippen molar-refractivity contribution in [2.24, 2.45) is 11.7 Å². The minimum Gasteiger partial charge on any atom is -0.492 e. The Balaban J connectivity index is 0.00000161. The van der Waals surface area contributed by atoms with Crippen molar-refractivity contribution in [3.05, 3.63) is 39.1 Å². The molecule has 0 bridgehead atoms. The predicted octanol–water partition coefficient (Wildman–Crippen LogP) is 3.41. The standard InChI is InChI=1S/C15H17ClN2O2.ClH/c1-8(17)11-4-10-5-12(16)14(20-7-9-2-3-9)6-13(10)18-15(11)19;/h4-6,8-9H,2-3,7,17H2,1H3,(H,18,19);1H/t8-;/m0./s1. The minimum atomic E-state index is -0.312. The number of H-pyrrole nitrogens is 1. The summed E-state index contributed by atoms with van der Waals surface area (Å²) in [6.45, 7) is 2.47. The highest BCUT2D eigenvalue weighted by atomic mass is 35.5. The van der Waals surface area contributed by atoms with Crippen molar-refractivity contribution >= 4 is 34.9 Å². The molecule has 0 amide bonds. The summed E-state index contributed by atoms with van der Waals surface area (Å²) in [5.74, 6) is 1.27. The molecule has 6 heteroatoms. The molecule has 1 aliphatic carbocycles. The van der Waals surface area contributed by atoms with E-state index in [1.807, 2.05) is 0 Å². The fraction of sp³-hybridized carbons (Fsp3) is 0.400. The molecule has 21 heavy (non-hydrogen) atoms. The molecule has 0 radical (unpaired) electrons. The van der Waals surface area contributed by atoms with Gasteiger partial charge in [0.1, 0.15) is 5.75 Å². The number of ether oxygens (including phenoxy) is 1. The van der Waals surface area contributed by atoms with Gasteiger partial charge in [-0.1, -0.05) is 11.6 Å². The van der Waals surface area contributed by atoms with Crippen LogP contribution in [0.2, 0.25) is 5.02 Å². The zero-order chi connectivity index (χ0) is 14.3. The van der Waals surface area contributed by atoms with E-state index in [0.717, 1.165) is 10.9 Å². The molecule has 4 nitrogen and oxygen atoms in total. The third kappa shape index (κ3) is 3.51. The van der Waals surface area contributed by atoms with Crippen LogP contribution in [-0.2, 0) is 0 Å². The average molecular weight is 329 g/mol. The molecular weight excluding hydrogens is 311 g/mol. The third-order valence-electron chi connectivity index (χ3n) is 3.59. The molecule has 1 aromatic heterocycles. The number of aromatic amines is 1. The van der Waals surface area contributed by atoms with Crippen molar-refractivity contribution in [2.45, 2.75) is 25.8 Å². The van der Waals surface area contributed by atoms with Crippen molar-refractivity contribution in [3.8, 4) is 5.75 Å². The molecule has 1 fully saturated rings. The smallest absolute Gasteiger partial charge is 0.253 e. The summed E-state index contributed by atoms with van der Waals surface area (Å²) in [6, 6.07) is 5.07. The van der Waals surface area contributed by atoms with Gasteiger partial charge >= 0.3 is 0 Å². The molecule has 2 aromatic rings. The van der Waals surface area contributed by atoms with Gasteiger partial charge in [0.2, 0.25) is 0 Å². The van der Waals surface area contributed by atoms with E-state index in [9.17, 15) is 4.79 Å². The average Bonchev–Trinajstić information content (AvgIpc) is 3.20. The van der Waals surface area contributed by atoms with E-state index in [2.05, 4.69) is 4.98 Å². The molecule has 3 N–H and O–H groups in total. The Kier molecular flexibility index (Phi) is 4.81. The monoisotopic (exact) mass is 328 g/mol. The zero-order valence-electron chi connectivity index (χ0n) is 11.7. The highest BCUT2D eigenvalue weighted by molar-refractivity contribution is 6.32. The van der Waals surface area contributed by atoms with Crippen LogP contribution in [0.5, 0.6) is 5.75 Å².